The third-order valence-electron chi connectivity index (χ3n) is 4.36. The minimum atomic E-state index is -0.457. The Morgan fingerprint density at radius 1 is 1.24 bits per heavy atom. The minimum Gasteiger partial charge on any atom is -0.438 e. The monoisotopic (exact) mass is 331 g/mol. The van der Waals surface area contributed by atoms with Crippen LogP contribution in [0.1, 0.15) is 33.7 Å². The number of carbonyl (C=O) groups excluding carboxylic acids is 1. The van der Waals surface area contributed by atoms with E-state index in [2.05, 4.69) is 19.9 Å². The summed E-state index contributed by atoms with van der Waals surface area (Å²) >= 11 is 0. The number of nitrogens with one attached hydrogen (secondary N) is 1. The van der Waals surface area contributed by atoms with Gasteiger partial charge in [-0.3, -0.25) is 9.78 Å². The predicted octanol–water partition coefficient (Wildman–Crippen LogP) is 2.69. The molecule has 25 heavy (non-hydrogen) atoms. The van der Waals surface area contributed by atoms with Crippen LogP contribution in [0, 0.1) is 0 Å². The number of carbonyl (C=O) groups is 1. The number of aromatic nitrogens is 4. The van der Waals surface area contributed by atoms with Crippen LogP contribution >= 0.6 is 0 Å². The van der Waals surface area contributed by atoms with Gasteiger partial charge < -0.3 is 14.3 Å². The van der Waals surface area contributed by atoms with Gasteiger partial charge in [0.15, 0.2) is 11.6 Å². The molecule has 0 radical (unpaired) electrons. The van der Waals surface area contributed by atoms with Gasteiger partial charge in [0.1, 0.15) is 5.52 Å². The van der Waals surface area contributed by atoms with Crippen molar-refractivity contribution in [2.45, 2.75) is 12.6 Å². The lowest BCUT2D eigenvalue weighted by atomic mass is 10.2. The molecular weight excluding hydrogens is 318 g/mol. The maximum absolute atomic E-state index is 13.0. The fraction of sp³-hybridized carbons (Fsp3) is 0.111. The summed E-state index contributed by atoms with van der Waals surface area (Å²) in [6, 6.07) is 10.6. The van der Waals surface area contributed by atoms with Crippen LogP contribution in [-0.4, -0.2) is 30.7 Å². The summed E-state index contributed by atoms with van der Waals surface area (Å²) in [6.07, 6.45) is 4.83. The third kappa shape index (κ3) is 2.13. The Kier molecular flexibility index (Phi) is 2.93. The summed E-state index contributed by atoms with van der Waals surface area (Å²) in [5.74, 6) is 0.330. The molecule has 7 heteroatoms. The molecule has 0 fully saturated rings. The van der Waals surface area contributed by atoms with Crippen LogP contribution in [-0.2, 0) is 6.54 Å². The molecule has 1 N–H and O–H groups in total. The van der Waals surface area contributed by atoms with Gasteiger partial charge in [0, 0.05) is 12.4 Å². The number of rotatable bonds is 2. The number of nitrogens with zero attached hydrogens (tertiary/aromatic N) is 4. The molecule has 1 aliphatic heterocycles. The van der Waals surface area contributed by atoms with Crippen molar-refractivity contribution in [1.82, 2.24) is 24.8 Å². The number of benzene rings is 1. The van der Waals surface area contributed by atoms with E-state index in [4.69, 9.17) is 4.42 Å². The third-order valence-corrected chi connectivity index (χ3v) is 4.36. The molecule has 1 atom stereocenters. The summed E-state index contributed by atoms with van der Waals surface area (Å²) < 4.78 is 5.92. The molecule has 0 saturated carbocycles. The lowest BCUT2D eigenvalue weighted by molar-refractivity contribution is 0.0696. The molecule has 4 aromatic rings. The van der Waals surface area contributed by atoms with Gasteiger partial charge in [-0.2, -0.15) is 0 Å². The molecule has 1 amide bonds. The smallest absolute Gasteiger partial charge is 0.256 e. The Bertz CT molecular complexity index is 1040. The summed E-state index contributed by atoms with van der Waals surface area (Å²) in [4.78, 5) is 30.8. The van der Waals surface area contributed by atoms with E-state index in [1.165, 1.54) is 0 Å². The number of hydrogen-bond acceptors (Lipinski definition) is 5. The number of H-pyrrole nitrogens is 1. The molecular formula is C18H13N5O2. The van der Waals surface area contributed by atoms with Gasteiger partial charge in [-0.05, 0) is 24.3 Å². The maximum atomic E-state index is 13.0. The Labute approximate surface area is 142 Å². The Morgan fingerprint density at radius 3 is 3.00 bits per heavy atom. The molecule has 5 rings (SSSR count). The number of pyridine rings is 1. The van der Waals surface area contributed by atoms with Crippen molar-refractivity contribution in [3.8, 4) is 0 Å². The molecule has 0 unspecified atom stereocenters. The van der Waals surface area contributed by atoms with Crippen LogP contribution in [0.3, 0.4) is 0 Å². The lowest BCUT2D eigenvalue weighted by Gasteiger charge is -2.22. The second kappa shape index (κ2) is 5.27. The van der Waals surface area contributed by atoms with Gasteiger partial charge in [0.05, 0.1) is 29.8 Å². The number of aromatic amines is 1. The molecule has 0 spiro atoms. The molecule has 1 aromatic carbocycles. The molecule has 4 heterocycles. The minimum absolute atomic E-state index is 0.133. The van der Waals surface area contributed by atoms with Crippen LogP contribution in [0.5, 0.6) is 0 Å². The number of para-hydroxylation sites is 2. The van der Waals surface area contributed by atoms with Gasteiger partial charge in [-0.1, -0.05) is 12.1 Å². The number of imidazole rings is 1. The molecule has 1 aliphatic rings. The normalized spacial score (nSPS) is 16.3. The van der Waals surface area contributed by atoms with Crippen LogP contribution in [0.2, 0.25) is 0 Å². The van der Waals surface area contributed by atoms with E-state index in [-0.39, 0.29) is 5.91 Å². The maximum Gasteiger partial charge on any atom is 0.256 e. The van der Waals surface area contributed by atoms with Crippen molar-refractivity contribution < 1.29 is 9.21 Å². The molecule has 7 nitrogen and oxygen atoms in total. The summed E-state index contributed by atoms with van der Waals surface area (Å²) in [5, 5.41) is 0. The first kappa shape index (κ1) is 13.9. The van der Waals surface area contributed by atoms with Gasteiger partial charge in [-0.15, -0.1) is 0 Å². The van der Waals surface area contributed by atoms with E-state index < -0.39 is 6.04 Å². The fourth-order valence-corrected chi connectivity index (χ4v) is 3.20. The van der Waals surface area contributed by atoms with Crippen molar-refractivity contribution in [3.05, 3.63) is 78.0 Å². The summed E-state index contributed by atoms with van der Waals surface area (Å²) in [7, 11) is 0. The first-order valence-corrected chi connectivity index (χ1v) is 7.90. The van der Waals surface area contributed by atoms with Crippen molar-refractivity contribution >= 4 is 17.0 Å². The first-order valence-electron chi connectivity index (χ1n) is 7.90. The second-order valence-corrected chi connectivity index (χ2v) is 5.86. The summed E-state index contributed by atoms with van der Waals surface area (Å²) in [5.41, 5.74) is 3.63. The highest BCUT2D eigenvalue weighted by atomic mass is 16.4. The van der Waals surface area contributed by atoms with Gasteiger partial charge >= 0.3 is 0 Å². The number of oxazole rings is 1. The summed E-state index contributed by atoms with van der Waals surface area (Å²) in [6.45, 7) is 0.423. The van der Waals surface area contributed by atoms with Gasteiger partial charge in [-0.25, -0.2) is 9.97 Å². The van der Waals surface area contributed by atoms with E-state index in [0.29, 0.717) is 23.6 Å². The van der Waals surface area contributed by atoms with Crippen LogP contribution < -0.4 is 0 Å². The average Bonchev–Trinajstić information content (AvgIpc) is 3.34. The molecule has 3 aromatic heterocycles. The lowest BCUT2D eigenvalue weighted by Crippen LogP contribution is -2.31. The highest BCUT2D eigenvalue weighted by Crippen LogP contribution is 2.38. The Hall–Kier alpha value is -3.48. The quantitative estimate of drug-likeness (QED) is 0.610. The topological polar surface area (TPSA) is 87.9 Å². The van der Waals surface area contributed by atoms with Gasteiger partial charge in [0.25, 0.3) is 5.91 Å². The van der Waals surface area contributed by atoms with E-state index >= 15 is 0 Å². The molecule has 122 valence electrons. The van der Waals surface area contributed by atoms with E-state index in [1.54, 1.807) is 35.8 Å². The van der Waals surface area contributed by atoms with E-state index in [9.17, 15) is 4.79 Å². The fourth-order valence-electron chi connectivity index (χ4n) is 3.20. The van der Waals surface area contributed by atoms with Gasteiger partial charge in [0.2, 0.25) is 5.89 Å². The Balaban J connectivity index is 1.61. The second-order valence-electron chi connectivity index (χ2n) is 5.86. The Morgan fingerprint density at radius 2 is 2.16 bits per heavy atom. The van der Waals surface area contributed by atoms with Crippen molar-refractivity contribution in [1.29, 1.82) is 0 Å². The van der Waals surface area contributed by atoms with E-state index in [0.717, 1.165) is 16.9 Å². The van der Waals surface area contributed by atoms with Crippen molar-refractivity contribution in [2.75, 3.05) is 0 Å². The van der Waals surface area contributed by atoms with Crippen LogP contribution in [0.4, 0.5) is 0 Å². The standard InChI is InChI=1S/C18H13N5O2/c24-18(11-4-3-7-19-8-11)23-9-13-15(21-10-20-13)16(23)17-22-12-5-1-2-6-14(12)25-17/h1-8,10,16H,9H2,(H,20,21)/t16-/m1/s1. The molecule has 0 saturated heterocycles. The zero-order valence-electron chi connectivity index (χ0n) is 13.1. The number of amides is 1. The predicted molar refractivity (Wildman–Crippen MR) is 88.6 cm³/mol. The van der Waals surface area contributed by atoms with E-state index in [1.807, 2.05) is 24.3 Å². The largest absolute Gasteiger partial charge is 0.438 e. The average molecular weight is 331 g/mol. The SMILES string of the molecule is O=C(c1cccnc1)N1Cc2[nH]cnc2[C@@H]1c1nc2ccccc2o1. The zero-order chi connectivity index (χ0) is 16.8. The zero-order valence-corrected chi connectivity index (χ0v) is 13.1. The van der Waals surface area contributed by atoms with Crippen molar-refractivity contribution in [2.24, 2.45) is 0 Å². The number of hydrogen-bond donors (Lipinski definition) is 1. The van der Waals surface area contributed by atoms with Crippen LogP contribution in [0.25, 0.3) is 11.1 Å². The number of fused-ring (bicyclic) bond motifs is 2. The molecule has 0 bridgehead atoms. The van der Waals surface area contributed by atoms with Crippen LogP contribution in [0.15, 0.2) is 59.5 Å². The van der Waals surface area contributed by atoms with Crippen molar-refractivity contribution in [3.63, 3.8) is 0 Å². The molecule has 0 aliphatic carbocycles. The first-order chi connectivity index (χ1) is 12.3. The highest BCUT2D eigenvalue weighted by molar-refractivity contribution is 5.94. The highest BCUT2D eigenvalue weighted by Gasteiger charge is 2.40.